The molecule has 0 aliphatic carbocycles. The maximum atomic E-state index is 13.4. The molecule has 1 heterocycles. The zero-order valence-electron chi connectivity index (χ0n) is 18.0. The van der Waals surface area contributed by atoms with Gasteiger partial charge in [0.25, 0.3) is 11.8 Å². The molecule has 3 aromatic carbocycles. The minimum absolute atomic E-state index is 0.201. The SMILES string of the molecule is CCOc1ccc(C2=C(Nc3ccc(OC)cc3)C(=O)N(Cc3ccccc3)C2=O)cc1. The van der Waals surface area contributed by atoms with Crippen LogP contribution in [0.2, 0.25) is 0 Å². The Hall–Kier alpha value is -4.06. The molecule has 0 spiro atoms. The third kappa shape index (κ3) is 4.34. The molecule has 1 aliphatic heterocycles. The molecule has 0 saturated heterocycles. The van der Waals surface area contributed by atoms with E-state index in [9.17, 15) is 9.59 Å². The molecule has 6 nitrogen and oxygen atoms in total. The fourth-order valence-electron chi connectivity index (χ4n) is 3.57. The summed E-state index contributed by atoms with van der Waals surface area (Å²) in [7, 11) is 1.59. The van der Waals surface area contributed by atoms with Gasteiger partial charge in [-0.3, -0.25) is 14.5 Å². The van der Waals surface area contributed by atoms with Crippen LogP contribution in [0.25, 0.3) is 5.57 Å². The van der Waals surface area contributed by atoms with E-state index in [-0.39, 0.29) is 24.1 Å². The van der Waals surface area contributed by atoms with E-state index in [4.69, 9.17) is 9.47 Å². The van der Waals surface area contributed by atoms with E-state index >= 15 is 0 Å². The van der Waals surface area contributed by atoms with Gasteiger partial charge < -0.3 is 14.8 Å². The third-order valence-corrected chi connectivity index (χ3v) is 5.16. The number of amides is 2. The highest BCUT2D eigenvalue weighted by Gasteiger charge is 2.39. The highest BCUT2D eigenvalue weighted by atomic mass is 16.5. The summed E-state index contributed by atoms with van der Waals surface area (Å²) in [5, 5.41) is 3.16. The highest BCUT2D eigenvalue weighted by Crippen LogP contribution is 2.32. The number of rotatable bonds is 8. The maximum Gasteiger partial charge on any atom is 0.278 e. The summed E-state index contributed by atoms with van der Waals surface area (Å²) in [5.74, 6) is 0.716. The monoisotopic (exact) mass is 428 g/mol. The summed E-state index contributed by atoms with van der Waals surface area (Å²) < 4.78 is 10.7. The predicted octanol–water partition coefficient (Wildman–Crippen LogP) is 4.49. The van der Waals surface area contributed by atoms with Crippen LogP contribution in [0.4, 0.5) is 5.69 Å². The van der Waals surface area contributed by atoms with Crippen molar-refractivity contribution < 1.29 is 19.1 Å². The van der Waals surface area contributed by atoms with Crippen molar-refractivity contribution in [3.05, 3.63) is 95.7 Å². The molecule has 0 aromatic heterocycles. The van der Waals surface area contributed by atoms with E-state index in [1.54, 1.807) is 55.6 Å². The van der Waals surface area contributed by atoms with Crippen molar-refractivity contribution in [2.45, 2.75) is 13.5 Å². The quantitative estimate of drug-likeness (QED) is 0.536. The molecule has 0 bridgehead atoms. The molecule has 0 atom stereocenters. The van der Waals surface area contributed by atoms with E-state index in [0.29, 0.717) is 34.9 Å². The molecule has 3 aromatic rings. The summed E-state index contributed by atoms with van der Waals surface area (Å²) in [6, 6.07) is 23.9. The molecule has 6 heteroatoms. The lowest BCUT2D eigenvalue weighted by Crippen LogP contribution is -2.31. The van der Waals surface area contributed by atoms with E-state index in [2.05, 4.69) is 5.32 Å². The van der Waals surface area contributed by atoms with Gasteiger partial charge >= 0.3 is 0 Å². The van der Waals surface area contributed by atoms with Gasteiger partial charge in [0.05, 0.1) is 25.8 Å². The smallest absolute Gasteiger partial charge is 0.278 e. The summed E-state index contributed by atoms with van der Waals surface area (Å²) >= 11 is 0. The minimum atomic E-state index is -0.362. The maximum absolute atomic E-state index is 13.4. The van der Waals surface area contributed by atoms with Crippen molar-refractivity contribution >= 4 is 23.1 Å². The van der Waals surface area contributed by atoms with Gasteiger partial charge in [-0.05, 0) is 54.4 Å². The number of benzene rings is 3. The van der Waals surface area contributed by atoms with Gasteiger partial charge in [0.2, 0.25) is 0 Å². The molecule has 162 valence electrons. The Bertz CT molecular complexity index is 1140. The second-order valence-corrected chi connectivity index (χ2v) is 7.24. The number of hydrogen-bond donors (Lipinski definition) is 1. The van der Waals surface area contributed by atoms with Gasteiger partial charge in [0, 0.05) is 5.69 Å². The number of nitrogens with zero attached hydrogens (tertiary/aromatic N) is 1. The molecule has 0 unspecified atom stereocenters. The second-order valence-electron chi connectivity index (χ2n) is 7.24. The first-order valence-corrected chi connectivity index (χ1v) is 10.4. The van der Waals surface area contributed by atoms with Crippen LogP contribution in [-0.2, 0) is 16.1 Å². The summed E-state index contributed by atoms with van der Waals surface area (Å²) in [6.07, 6.45) is 0. The number of anilines is 1. The van der Waals surface area contributed by atoms with Crippen molar-refractivity contribution in [1.82, 2.24) is 4.90 Å². The van der Waals surface area contributed by atoms with Crippen LogP contribution in [-0.4, -0.2) is 30.4 Å². The van der Waals surface area contributed by atoms with Crippen molar-refractivity contribution in [2.24, 2.45) is 0 Å². The number of carbonyl (C=O) groups is 2. The van der Waals surface area contributed by atoms with Gasteiger partial charge in [-0.2, -0.15) is 0 Å². The van der Waals surface area contributed by atoms with E-state index in [1.807, 2.05) is 37.3 Å². The highest BCUT2D eigenvalue weighted by molar-refractivity contribution is 6.36. The van der Waals surface area contributed by atoms with Gasteiger partial charge in [0.15, 0.2) is 0 Å². The lowest BCUT2D eigenvalue weighted by molar-refractivity contribution is -0.137. The first-order chi connectivity index (χ1) is 15.6. The predicted molar refractivity (Wildman–Crippen MR) is 123 cm³/mol. The van der Waals surface area contributed by atoms with Crippen molar-refractivity contribution in [1.29, 1.82) is 0 Å². The number of nitrogens with one attached hydrogen (secondary N) is 1. The number of imide groups is 1. The van der Waals surface area contributed by atoms with Crippen LogP contribution in [0.15, 0.2) is 84.6 Å². The van der Waals surface area contributed by atoms with E-state index in [1.165, 1.54) is 4.90 Å². The Balaban J connectivity index is 1.70. The summed E-state index contributed by atoms with van der Waals surface area (Å²) in [5.41, 5.74) is 2.81. The molecule has 32 heavy (non-hydrogen) atoms. The van der Waals surface area contributed by atoms with Gasteiger partial charge in [0.1, 0.15) is 17.2 Å². The average Bonchev–Trinajstić information content (AvgIpc) is 3.05. The van der Waals surface area contributed by atoms with Gasteiger partial charge in [-0.25, -0.2) is 0 Å². The molecule has 0 saturated carbocycles. The Morgan fingerprint density at radius 3 is 2.09 bits per heavy atom. The molecule has 0 fully saturated rings. The summed E-state index contributed by atoms with van der Waals surface area (Å²) in [6.45, 7) is 2.66. The third-order valence-electron chi connectivity index (χ3n) is 5.16. The van der Waals surface area contributed by atoms with Crippen LogP contribution in [0.3, 0.4) is 0 Å². The Labute approximate surface area is 187 Å². The summed E-state index contributed by atoms with van der Waals surface area (Å²) in [4.78, 5) is 28.0. The Morgan fingerprint density at radius 1 is 0.812 bits per heavy atom. The van der Waals surface area contributed by atoms with Crippen LogP contribution in [0.5, 0.6) is 11.5 Å². The van der Waals surface area contributed by atoms with Crippen molar-refractivity contribution in [3.8, 4) is 11.5 Å². The van der Waals surface area contributed by atoms with Gasteiger partial charge in [-0.15, -0.1) is 0 Å². The average molecular weight is 428 g/mol. The molecule has 1 N–H and O–H groups in total. The van der Waals surface area contributed by atoms with Crippen LogP contribution >= 0.6 is 0 Å². The number of methoxy groups -OCH3 is 1. The standard InChI is InChI=1S/C26H24N2O4/c1-3-32-22-13-9-19(10-14-22)23-24(27-20-11-15-21(31-2)16-12-20)26(30)28(25(23)29)17-18-7-5-4-6-8-18/h4-16,27H,3,17H2,1-2H3. The molecule has 2 amide bonds. The van der Waals surface area contributed by atoms with Gasteiger partial charge in [-0.1, -0.05) is 42.5 Å². The van der Waals surface area contributed by atoms with E-state index in [0.717, 1.165) is 5.56 Å². The first-order valence-electron chi connectivity index (χ1n) is 10.4. The fraction of sp³-hybridized carbons (Fsp3) is 0.154. The van der Waals surface area contributed by atoms with Crippen LogP contribution in [0, 0.1) is 0 Å². The fourth-order valence-corrected chi connectivity index (χ4v) is 3.57. The van der Waals surface area contributed by atoms with E-state index < -0.39 is 0 Å². The number of hydrogen-bond acceptors (Lipinski definition) is 5. The largest absolute Gasteiger partial charge is 0.497 e. The lowest BCUT2D eigenvalue weighted by atomic mass is 10.0. The second kappa shape index (κ2) is 9.39. The molecular formula is C26H24N2O4. The van der Waals surface area contributed by atoms with Crippen LogP contribution in [0.1, 0.15) is 18.1 Å². The Morgan fingerprint density at radius 2 is 1.47 bits per heavy atom. The van der Waals surface area contributed by atoms with Crippen LogP contribution < -0.4 is 14.8 Å². The zero-order valence-corrected chi connectivity index (χ0v) is 18.0. The first kappa shape index (κ1) is 21.2. The molecule has 4 rings (SSSR count). The van der Waals surface area contributed by atoms with Crippen molar-refractivity contribution in [2.75, 3.05) is 19.0 Å². The number of ether oxygens (including phenoxy) is 2. The molecule has 1 aliphatic rings. The molecular weight excluding hydrogens is 404 g/mol. The minimum Gasteiger partial charge on any atom is -0.497 e. The topological polar surface area (TPSA) is 67.9 Å². The lowest BCUT2D eigenvalue weighted by Gasteiger charge is -2.15. The zero-order chi connectivity index (χ0) is 22.5. The van der Waals surface area contributed by atoms with Crippen molar-refractivity contribution in [3.63, 3.8) is 0 Å². The Kier molecular flexibility index (Phi) is 6.22. The molecule has 0 radical (unpaired) electrons. The number of carbonyl (C=O) groups excluding carboxylic acids is 2. The normalized spacial score (nSPS) is 13.5.